The fourth-order valence-electron chi connectivity index (χ4n) is 3.99. The maximum atomic E-state index is 12.8. The lowest BCUT2D eigenvalue weighted by atomic mass is 9.97. The van der Waals surface area contributed by atoms with Crippen LogP contribution in [0.3, 0.4) is 0 Å². The second-order valence-electron chi connectivity index (χ2n) is 7.37. The Balaban J connectivity index is 1.49. The summed E-state index contributed by atoms with van der Waals surface area (Å²) in [6.45, 7) is 1.93. The molecule has 1 N–H and O–H groups in total. The molecule has 4 aromatic rings. The Hall–Kier alpha value is -3.00. The highest BCUT2D eigenvalue weighted by Crippen LogP contribution is 2.36. The molecule has 8 heteroatoms. The number of carbonyl (C=O) groups is 1. The van der Waals surface area contributed by atoms with Crippen molar-refractivity contribution >= 4 is 38.8 Å². The quantitative estimate of drug-likeness (QED) is 0.563. The number of fused-ring (bicyclic) bond motifs is 5. The van der Waals surface area contributed by atoms with Gasteiger partial charge in [0.2, 0.25) is 5.91 Å². The fraction of sp³-hybridized carbons (Fsp3) is 0.333. The van der Waals surface area contributed by atoms with Gasteiger partial charge in [-0.1, -0.05) is 19.1 Å². The van der Waals surface area contributed by atoms with Crippen molar-refractivity contribution in [3.05, 3.63) is 57.1 Å². The number of nitrogens with zero attached hydrogens (tertiary/aromatic N) is 4. The highest BCUT2D eigenvalue weighted by atomic mass is 32.1. The number of aryl methyl sites for hydroxylation is 3. The summed E-state index contributed by atoms with van der Waals surface area (Å²) in [7, 11) is 0. The molecule has 0 bridgehead atoms. The molecule has 1 aliphatic rings. The summed E-state index contributed by atoms with van der Waals surface area (Å²) in [6, 6.07) is 7.71. The SMILES string of the molecule is CCc1cccc(NC(=O)Cn2nc3c4c5c(sc4ncn3c2=O)CCCC5)c1. The molecule has 0 fully saturated rings. The number of thiophene rings is 1. The summed E-state index contributed by atoms with van der Waals surface area (Å²) >= 11 is 1.69. The number of nitrogens with one attached hydrogen (secondary N) is 1. The molecule has 3 heterocycles. The summed E-state index contributed by atoms with van der Waals surface area (Å²) in [4.78, 5) is 32.1. The van der Waals surface area contributed by atoms with Gasteiger partial charge in [-0.25, -0.2) is 18.9 Å². The minimum atomic E-state index is -0.345. The number of aromatic nitrogens is 4. The molecule has 5 rings (SSSR count). The van der Waals surface area contributed by atoms with Crippen molar-refractivity contribution < 1.29 is 4.79 Å². The second kappa shape index (κ2) is 7.11. The smallest absolute Gasteiger partial charge is 0.324 e. The summed E-state index contributed by atoms with van der Waals surface area (Å²) in [5.74, 6) is -0.277. The van der Waals surface area contributed by atoms with Gasteiger partial charge >= 0.3 is 5.69 Å². The first-order valence-corrected chi connectivity index (χ1v) is 10.7. The number of carbonyl (C=O) groups excluding carboxylic acids is 1. The van der Waals surface area contributed by atoms with Gasteiger partial charge in [-0.3, -0.25) is 4.79 Å². The lowest BCUT2D eigenvalue weighted by molar-refractivity contribution is -0.117. The Bertz CT molecular complexity index is 1300. The normalized spacial score (nSPS) is 13.7. The van der Waals surface area contributed by atoms with Crippen molar-refractivity contribution in [2.45, 2.75) is 45.6 Å². The number of benzene rings is 1. The average molecular weight is 407 g/mol. The van der Waals surface area contributed by atoms with Crippen molar-refractivity contribution in [2.75, 3.05) is 5.32 Å². The molecule has 29 heavy (non-hydrogen) atoms. The number of hydrogen-bond acceptors (Lipinski definition) is 5. The van der Waals surface area contributed by atoms with E-state index in [-0.39, 0.29) is 18.1 Å². The standard InChI is InChI=1S/C21H21N5O2S/c1-2-13-6-5-7-14(10-13)23-17(27)11-26-21(28)25-12-22-20-18(19(25)24-26)15-8-3-4-9-16(15)29-20/h5-7,10,12H,2-4,8-9,11H2,1H3,(H,23,27). The molecule has 0 aliphatic heterocycles. The van der Waals surface area contributed by atoms with Crippen molar-refractivity contribution in [3.63, 3.8) is 0 Å². The topological polar surface area (TPSA) is 81.3 Å². The monoisotopic (exact) mass is 407 g/mol. The van der Waals surface area contributed by atoms with E-state index in [1.165, 1.54) is 32.3 Å². The van der Waals surface area contributed by atoms with Crippen LogP contribution in [0.25, 0.3) is 15.9 Å². The van der Waals surface area contributed by atoms with E-state index >= 15 is 0 Å². The number of rotatable bonds is 4. The van der Waals surface area contributed by atoms with Gasteiger partial charge in [0, 0.05) is 10.6 Å². The van der Waals surface area contributed by atoms with Crippen LogP contribution in [-0.2, 0) is 30.6 Å². The van der Waals surface area contributed by atoms with Crippen molar-refractivity contribution in [3.8, 4) is 0 Å². The van der Waals surface area contributed by atoms with Gasteiger partial charge in [-0.05, 0) is 55.4 Å². The summed E-state index contributed by atoms with van der Waals surface area (Å²) in [5.41, 5.74) is 3.39. The van der Waals surface area contributed by atoms with Gasteiger partial charge in [-0.2, -0.15) is 0 Å². The highest BCUT2D eigenvalue weighted by molar-refractivity contribution is 7.19. The molecular formula is C21H21N5O2S. The van der Waals surface area contributed by atoms with Crippen LogP contribution in [0.2, 0.25) is 0 Å². The molecule has 0 radical (unpaired) electrons. The molecule has 0 saturated heterocycles. The third kappa shape index (κ3) is 3.13. The third-order valence-corrected chi connectivity index (χ3v) is 6.65. The van der Waals surface area contributed by atoms with Gasteiger partial charge in [0.1, 0.15) is 17.7 Å². The Kier molecular flexibility index (Phi) is 4.43. The second-order valence-corrected chi connectivity index (χ2v) is 8.46. The van der Waals surface area contributed by atoms with Gasteiger partial charge in [0.25, 0.3) is 0 Å². The van der Waals surface area contributed by atoms with E-state index in [0.717, 1.165) is 47.2 Å². The van der Waals surface area contributed by atoms with Crippen LogP contribution in [0, 0.1) is 0 Å². The van der Waals surface area contributed by atoms with Crippen molar-refractivity contribution in [1.29, 1.82) is 0 Å². The fourth-order valence-corrected chi connectivity index (χ4v) is 5.21. The Morgan fingerprint density at radius 2 is 2.14 bits per heavy atom. The first kappa shape index (κ1) is 18.1. The zero-order chi connectivity index (χ0) is 20.0. The minimum absolute atomic E-state index is 0.134. The van der Waals surface area contributed by atoms with Crippen LogP contribution in [0.15, 0.2) is 35.4 Å². The van der Waals surface area contributed by atoms with Crippen LogP contribution in [0.1, 0.15) is 35.8 Å². The third-order valence-electron chi connectivity index (χ3n) is 5.45. The Labute approximate surface area is 171 Å². The van der Waals surface area contributed by atoms with Gasteiger partial charge in [0.05, 0.1) is 5.39 Å². The summed E-state index contributed by atoms with van der Waals surface area (Å²) in [6.07, 6.45) is 6.80. The molecule has 1 aromatic carbocycles. The Morgan fingerprint density at radius 1 is 1.28 bits per heavy atom. The van der Waals surface area contributed by atoms with Crippen molar-refractivity contribution in [1.82, 2.24) is 19.2 Å². The van der Waals surface area contributed by atoms with Crippen LogP contribution in [0.4, 0.5) is 5.69 Å². The molecule has 0 unspecified atom stereocenters. The zero-order valence-corrected chi connectivity index (χ0v) is 17.0. The lowest BCUT2D eigenvalue weighted by Crippen LogP contribution is -2.28. The molecule has 0 spiro atoms. The Morgan fingerprint density at radius 3 is 3.00 bits per heavy atom. The molecule has 0 saturated carbocycles. The largest absolute Gasteiger partial charge is 0.352 e. The van der Waals surface area contributed by atoms with Crippen LogP contribution in [-0.4, -0.2) is 25.1 Å². The van der Waals surface area contributed by atoms with Gasteiger partial charge < -0.3 is 5.32 Å². The molecule has 0 atom stereocenters. The molecule has 7 nitrogen and oxygen atoms in total. The first-order valence-electron chi connectivity index (χ1n) is 9.91. The number of anilines is 1. The van der Waals surface area contributed by atoms with E-state index < -0.39 is 0 Å². The van der Waals surface area contributed by atoms with E-state index in [0.29, 0.717) is 5.65 Å². The van der Waals surface area contributed by atoms with Crippen LogP contribution in [0.5, 0.6) is 0 Å². The number of hydrogen-bond donors (Lipinski definition) is 1. The lowest BCUT2D eigenvalue weighted by Gasteiger charge is -2.09. The highest BCUT2D eigenvalue weighted by Gasteiger charge is 2.22. The van der Waals surface area contributed by atoms with Crippen molar-refractivity contribution in [2.24, 2.45) is 0 Å². The number of amides is 1. The summed E-state index contributed by atoms with van der Waals surface area (Å²) < 4.78 is 2.68. The minimum Gasteiger partial charge on any atom is -0.324 e. The molecule has 148 valence electrons. The average Bonchev–Trinajstić information content (AvgIpc) is 3.26. The predicted molar refractivity (Wildman–Crippen MR) is 114 cm³/mol. The first-order chi connectivity index (χ1) is 14.1. The predicted octanol–water partition coefficient (Wildman–Crippen LogP) is 3.19. The maximum Gasteiger partial charge on any atom is 0.352 e. The van der Waals surface area contributed by atoms with E-state index in [2.05, 4.69) is 22.3 Å². The van der Waals surface area contributed by atoms with Crippen LogP contribution < -0.4 is 11.0 Å². The van der Waals surface area contributed by atoms with E-state index in [9.17, 15) is 9.59 Å². The van der Waals surface area contributed by atoms with Gasteiger partial charge in [0.15, 0.2) is 5.65 Å². The van der Waals surface area contributed by atoms with Gasteiger partial charge in [-0.15, -0.1) is 16.4 Å². The van der Waals surface area contributed by atoms with E-state index in [4.69, 9.17) is 0 Å². The summed E-state index contributed by atoms with van der Waals surface area (Å²) in [5, 5.41) is 8.34. The van der Waals surface area contributed by atoms with Crippen LogP contribution >= 0.6 is 11.3 Å². The van der Waals surface area contributed by atoms with E-state index in [1.807, 2.05) is 24.3 Å². The van der Waals surface area contributed by atoms with E-state index in [1.54, 1.807) is 11.3 Å². The zero-order valence-electron chi connectivity index (χ0n) is 16.1. The maximum absolute atomic E-state index is 12.8. The molecular weight excluding hydrogens is 386 g/mol. The molecule has 1 amide bonds. The molecule has 1 aliphatic carbocycles. The molecule has 3 aromatic heterocycles.